The van der Waals surface area contributed by atoms with Crippen LogP contribution in [0.4, 0.5) is 10.5 Å². The van der Waals surface area contributed by atoms with E-state index in [0.717, 1.165) is 33.7 Å². The Morgan fingerprint density at radius 2 is 2.16 bits per heavy atom. The van der Waals surface area contributed by atoms with E-state index in [4.69, 9.17) is 4.74 Å². The van der Waals surface area contributed by atoms with Crippen LogP contribution in [-0.2, 0) is 11.2 Å². The van der Waals surface area contributed by atoms with Crippen LogP contribution >= 0.6 is 11.3 Å². The molecule has 1 fully saturated rings. The highest BCUT2D eigenvalue weighted by Crippen LogP contribution is 2.33. The van der Waals surface area contributed by atoms with Crippen LogP contribution < -0.4 is 5.32 Å². The van der Waals surface area contributed by atoms with Crippen molar-refractivity contribution >= 4 is 28.1 Å². The first kappa shape index (κ1) is 16.1. The summed E-state index contributed by atoms with van der Waals surface area (Å²) in [6.07, 6.45) is 2.72. The summed E-state index contributed by atoms with van der Waals surface area (Å²) in [5, 5.41) is 7.33. The van der Waals surface area contributed by atoms with Crippen LogP contribution in [0.5, 0.6) is 0 Å². The number of carbonyl (C=O) groups is 1. The Morgan fingerprint density at radius 3 is 2.84 bits per heavy atom. The second-order valence-corrected chi connectivity index (χ2v) is 7.47. The minimum Gasteiger partial charge on any atom is -0.440 e. The number of fused-ring (bicyclic) bond motifs is 1. The lowest BCUT2D eigenvalue weighted by Crippen LogP contribution is -2.16. The fourth-order valence-electron chi connectivity index (χ4n) is 2.83. The van der Waals surface area contributed by atoms with E-state index >= 15 is 0 Å². The number of hydrogen-bond acceptors (Lipinski definition) is 5. The van der Waals surface area contributed by atoms with E-state index in [9.17, 15) is 4.79 Å². The lowest BCUT2D eigenvalue weighted by Gasteiger charge is -2.13. The van der Waals surface area contributed by atoms with Crippen LogP contribution in [0, 0.1) is 12.8 Å². The first-order chi connectivity index (χ1) is 12.1. The quantitative estimate of drug-likeness (QED) is 0.737. The van der Waals surface area contributed by atoms with E-state index in [1.165, 1.54) is 24.2 Å². The fraction of sp³-hybridized carbons (Fsp3) is 0.389. The van der Waals surface area contributed by atoms with Crippen LogP contribution in [0.1, 0.15) is 42.3 Å². The van der Waals surface area contributed by atoms with Crippen molar-refractivity contribution in [2.75, 3.05) is 5.32 Å². The Kier molecular flexibility index (Phi) is 4.17. The number of thiazole rings is 1. The molecule has 1 aromatic carbocycles. The molecule has 1 aliphatic rings. The Balaban J connectivity index is 1.45. The van der Waals surface area contributed by atoms with Gasteiger partial charge in [0.25, 0.3) is 0 Å². The zero-order valence-electron chi connectivity index (χ0n) is 14.2. The summed E-state index contributed by atoms with van der Waals surface area (Å²) >= 11 is 1.53. The summed E-state index contributed by atoms with van der Waals surface area (Å²) in [5.74, 6) is 1.68. The summed E-state index contributed by atoms with van der Waals surface area (Å²) in [5.41, 5.74) is 1.69. The van der Waals surface area contributed by atoms with Gasteiger partial charge in [0.2, 0.25) is 4.96 Å². The van der Waals surface area contributed by atoms with Gasteiger partial charge < -0.3 is 4.74 Å². The minimum atomic E-state index is -0.466. The number of hydrogen-bond donors (Lipinski definition) is 1. The van der Waals surface area contributed by atoms with E-state index in [2.05, 4.69) is 15.4 Å². The Morgan fingerprint density at radius 1 is 1.40 bits per heavy atom. The Labute approximate surface area is 149 Å². The molecule has 130 valence electrons. The maximum Gasteiger partial charge on any atom is 0.412 e. The van der Waals surface area contributed by atoms with Gasteiger partial charge in [0.1, 0.15) is 6.10 Å². The second kappa shape index (κ2) is 6.48. The number of aryl methyl sites for hydroxylation is 1. The van der Waals surface area contributed by atoms with Crippen molar-refractivity contribution < 1.29 is 9.53 Å². The molecule has 7 heteroatoms. The first-order valence-electron chi connectivity index (χ1n) is 8.48. The van der Waals surface area contributed by atoms with Gasteiger partial charge >= 0.3 is 6.09 Å². The molecule has 2 aromatic heterocycles. The third-order valence-corrected chi connectivity index (χ3v) is 5.63. The van der Waals surface area contributed by atoms with Crippen molar-refractivity contribution in [2.24, 2.45) is 5.92 Å². The average Bonchev–Trinajstić information content (AvgIpc) is 3.22. The Hall–Kier alpha value is -2.41. The fourth-order valence-corrected chi connectivity index (χ4v) is 3.89. The summed E-state index contributed by atoms with van der Waals surface area (Å²) in [7, 11) is 0. The van der Waals surface area contributed by atoms with Gasteiger partial charge in [-0.1, -0.05) is 29.5 Å². The van der Waals surface area contributed by atoms with E-state index in [1.807, 2.05) is 48.7 Å². The number of nitrogens with one attached hydrogen (secondary N) is 1. The maximum atomic E-state index is 12.1. The number of ether oxygens (including phenoxy) is 1. The number of anilines is 1. The normalized spacial score (nSPS) is 15.3. The molecular weight excluding hydrogens is 336 g/mol. The summed E-state index contributed by atoms with van der Waals surface area (Å²) < 4.78 is 7.38. The first-order valence-corrected chi connectivity index (χ1v) is 9.29. The van der Waals surface area contributed by atoms with E-state index in [-0.39, 0.29) is 6.10 Å². The van der Waals surface area contributed by atoms with Crippen LogP contribution in [0.25, 0.3) is 4.96 Å². The average molecular weight is 356 g/mol. The zero-order valence-corrected chi connectivity index (χ0v) is 15.0. The van der Waals surface area contributed by atoms with E-state index in [1.54, 1.807) is 0 Å². The predicted octanol–water partition coefficient (Wildman–Crippen LogP) is 4.36. The summed E-state index contributed by atoms with van der Waals surface area (Å²) in [4.78, 5) is 18.5. The maximum absolute atomic E-state index is 12.1. The summed E-state index contributed by atoms with van der Waals surface area (Å²) in [6, 6.07) is 9.27. The highest BCUT2D eigenvalue weighted by Gasteiger charge is 2.25. The van der Waals surface area contributed by atoms with Crippen molar-refractivity contribution in [3.63, 3.8) is 0 Å². The van der Waals surface area contributed by atoms with Crippen LogP contribution in [-0.4, -0.2) is 20.7 Å². The summed E-state index contributed by atoms with van der Waals surface area (Å²) in [6.45, 7) is 3.86. The van der Waals surface area contributed by atoms with Gasteiger partial charge in [0, 0.05) is 12.1 Å². The number of amides is 1. The molecule has 4 rings (SSSR count). The number of benzene rings is 1. The molecule has 0 bridgehead atoms. The second-order valence-electron chi connectivity index (χ2n) is 6.46. The molecule has 0 radical (unpaired) electrons. The van der Waals surface area contributed by atoms with E-state index in [0.29, 0.717) is 5.69 Å². The number of carbonyl (C=O) groups excluding carboxylic acids is 1. The molecule has 1 aliphatic carbocycles. The van der Waals surface area contributed by atoms with Crippen molar-refractivity contribution in [3.8, 4) is 0 Å². The standard InChI is InChI=1S/C18H20N4O2S/c1-11-16(12(2)24-18(23)19-14-6-4-3-5-7-14)25-17-20-15(21-22(11)17)10-13-8-9-13/h3-7,12-13H,8-10H2,1-2H3,(H,19,23). The molecule has 0 spiro atoms. The largest absolute Gasteiger partial charge is 0.440 e. The van der Waals surface area contributed by atoms with E-state index < -0.39 is 6.09 Å². The molecule has 1 saturated carbocycles. The van der Waals surface area contributed by atoms with Crippen LogP contribution in [0.15, 0.2) is 30.3 Å². The van der Waals surface area contributed by atoms with Crippen molar-refractivity contribution in [3.05, 3.63) is 46.7 Å². The van der Waals surface area contributed by atoms with Crippen molar-refractivity contribution in [2.45, 2.75) is 39.2 Å². The van der Waals surface area contributed by atoms with Crippen LogP contribution in [0.3, 0.4) is 0 Å². The molecule has 1 atom stereocenters. The number of nitrogens with zero attached hydrogens (tertiary/aromatic N) is 3. The highest BCUT2D eigenvalue weighted by atomic mass is 32.1. The van der Waals surface area contributed by atoms with Gasteiger partial charge in [-0.2, -0.15) is 5.10 Å². The molecule has 3 aromatic rings. The SMILES string of the molecule is Cc1c(C(C)OC(=O)Nc2ccccc2)sc2nc(CC3CC3)nn12. The lowest BCUT2D eigenvalue weighted by molar-refractivity contribution is 0.122. The topological polar surface area (TPSA) is 68.5 Å². The molecule has 0 aliphatic heterocycles. The zero-order chi connectivity index (χ0) is 17.4. The number of para-hydroxylation sites is 1. The lowest BCUT2D eigenvalue weighted by atomic mass is 10.3. The molecule has 6 nitrogen and oxygen atoms in total. The molecule has 1 unspecified atom stereocenters. The van der Waals surface area contributed by atoms with Gasteiger partial charge in [0.05, 0.1) is 10.6 Å². The molecule has 1 amide bonds. The van der Waals surface area contributed by atoms with Crippen molar-refractivity contribution in [1.82, 2.24) is 14.6 Å². The smallest absolute Gasteiger partial charge is 0.412 e. The van der Waals surface area contributed by atoms with Crippen LogP contribution in [0.2, 0.25) is 0 Å². The van der Waals surface area contributed by atoms with Gasteiger partial charge in [-0.15, -0.1) is 0 Å². The van der Waals surface area contributed by atoms with Gasteiger partial charge in [-0.05, 0) is 44.7 Å². The third-order valence-electron chi connectivity index (χ3n) is 4.34. The molecular formula is C18H20N4O2S. The predicted molar refractivity (Wildman–Crippen MR) is 97.0 cm³/mol. The monoisotopic (exact) mass is 356 g/mol. The van der Waals surface area contributed by atoms with Gasteiger partial charge in [-0.25, -0.2) is 14.3 Å². The number of rotatable bonds is 5. The van der Waals surface area contributed by atoms with Gasteiger partial charge in [0.15, 0.2) is 5.82 Å². The highest BCUT2D eigenvalue weighted by molar-refractivity contribution is 7.17. The van der Waals surface area contributed by atoms with Gasteiger partial charge in [-0.3, -0.25) is 5.32 Å². The Bertz CT molecular complexity index is 899. The minimum absolute atomic E-state index is 0.357. The molecule has 1 N–H and O–H groups in total. The number of aromatic nitrogens is 3. The molecule has 2 heterocycles. The van der Waals surface area contributed by atoms with Crippen molar-refractivity contribution in [1.29, 1.82) is 0 Å². The molecule has 0 saturated heterocycles. The third kappa shape index (κ3) is 3.51. The molecule has 25 heavy (non-hydrogen) atoms.